The Bertz CT molecular complexity index is 767. The molecule has 11 nitrogen and oxygen atoms in total. The molecule has 1 aromatic heterocycles. The lowest BCUT2D eigenvalue weighted by molar-refractivity contribution is -0.158. The third-order valence-corrected chi connectivity index (χ3v) is 7.19. The summed E-state index contributed by atoms with van der Waals surface area (Å²) in [4.78, 5) is 37.2. The molecule has 2 saturated heterocycles. The van der Waals surface area contributed by atoms with Crippen molar-refractivity contribution in [2.45, 2.75) is 35.2 Å². The highest BCUT2D eigenvalue weighted by Gasteiger charge is 2.60. The molecule has 138 valence electrons. The molecule has 2 fully saturated rings. The Labute approximate surface area is 156 Å². The second-order valence-electron chi connectivity index (χ2n) is 5.97. The minimum atomic E-state index is -1.33. The number of fused-ring (bicyclic) bond motifs is 1. The lowest BCUT2D eigenvalue weighted by atomic mass is 9.82. The standard InChI is InChI=1S/C13H15N7O4S2/c1-6(21)15-8-9(22)20-4-13(11(23)24,5-25-10(8)20)7(2-3-14)26-12-16-18-19-17-12/h7-8,10H,2,4-5H2,1H3,(H,15,21)(H,23,24)(H,16,17,18,19)/t7?,8?,10-,13?/m1/s1. The Morgan fingerprint density at radius 3 is 3.00 bits per heavy atom. The molecule has 0 bridgehead atoms. The van der Waals surface area contributed by atoms with Crippen molar-refractivity contribution in [3.63, 3.8) is 0 Å². The molecule has 0 radical (unpaired) electrons. The Hall–Kier alpha value is -2.33. The maximum Gasteiger partial charge on any atom is 0.313 e. The van der Waals surface area contributed by atoms with Crippen molar-refractivity contribution in [3.05, 3.63) is 0 Å². The summed E-state index contributed by atoms with van der Waals surface area (Å²) in [7, 11) is 0. The van der Waals surface area contributed by atoms with Gasteiger partial charge in [-0.2, -0.15) is 10.5 Å². The van der Waals surface area contributed by atoms with E-state index in [9.17, 15) is 19.5 Å². The van der Waals surface area contributed by atoms with Crippen molar-refractivity contribution in [2.24, 2.45) is 5.41 Å². The average Bonchev–Trinajstić information content (AvgIpc) is 3.11. The van der Waals surface area contributed by atoms with Gasteiger partial charge < -0.3 is 15.3 Å². The number of nitrogens with zero attached hydrogens (tertiary/aromatic N) is 5. The average molecular weight is 397 g/mol. The first-order valence-corrected chi connectivity index (χ1v) is 9.51. The van der Waals surface area contributed by atoms with Gasteiger partial charge in [0.1, 0.15) is 16.8 Å². The summed E-state index contributed by atoms with van der Waals surface area (Å²) in [6, 6.07) is 1.37. The van der Waals surface area contributed by atoms with Gasteiger partial charge in [0.15, 0.2) is 0 Å². The highest BCUT2D eigenvalue weighted by atomic mass is 32.2. The van der Waals surface area contributed by atoms with Crippen LogP contribution in [0.25, 0.3) is 0 Å². The summed E-state index contributed by atoms with van der Waals surface area (Å²) < 4.78 is 0. The number of nitriles is 1. The molecule has 3 rings (SSSR count). The van der Waals surface area contributed by atoms with Gasteiger partial charge in [0.05, 0.1) is 6.07 Å². The second-order valence-corrected chi connectivity index (χ2v) is 8.25. The fourth-order valence-electron chi connectivity index (χ4n) is 3.04. The van der Waals surface area contributed by atoms with Crippen LogP contribution >= 0.6 is 23.5 Å². The first kappa shape index (κ1) is 18.5. The van der Waals surface area contributed by atoms with Gasteiger partial charge >= 0.3 is 5.97 Å². The number of hydrogen-bond acceptors (Lipinski definition) is 9. The molecule has 13 heteroatoms. The number of rotatable bonds is 6. The van der Waals surface area contributed by atoms with Crippen LogP contribution in [0.1, 0.15) is 13.3 Å². The van der Waals surface area contributed by atoms with Crippen LogP contribution in [-0.4, -0.2) is 77.4 Å². The number of nitrogens with one attached hydrogen (secondary N) is 2. The molecule has 1 aromatic rings. The molecule has 4 atom stereocenters. The van der Waals surface area contributed by atoms with E-state index in [1.54, 1.807) is 0 Å². The van der Waals surface area contributed by atoms with Gasteiger partial charge in [0.2, 0.25) is 17.0 Å². The fraction of sp³-hybridized carbons (Fsp3) is 0.615. The highest BCUT2D eigenvalue weighted by Crippen LogP contribution is 2.48. The van der Waals surface area contributed by atoms with Crippen LogP contribution in [0, 0.1) is 16.7 Å². The second kappa shape index (κ2) is 7.12. The van der Waals surface area contributed by atoms with Crippen LogP contribution in [0.4, 0.5) is 0 Å². The van der Waals surface area contributed by atoms with E-state index >= 15 is 0 Å². The summed E-state index contributed by atoms with van der Waals surface area (Å²) in [5.41, 5.74) is -1.33. The first-order chi connectivity index (χ1) is 12.4. The number of aromatic nitrogens is 4. The molecular weight excluding hydrogens is 382 g/mol. The Kier molecular flexibility index (Phi) is 5.05. The zero-order chi connectivity index (χ0) is 18.9. The number of carbonyl (C=O) groups is 3. The molecule has 2 aliphatic heterocycles. The van der Waals surface area contributed by atoms with E-state index in [1.165, 1.54) is 23.6 Å². The minimum absolute atomic E-state index is 0.0356. The van der Waals surface area contributed by atoms with Crippen molar-refractivity contribution in [1.29, 1.82) is 5.26 Å². The number of hydrogen-bond donors (Lipinski definition) is 3. The molecule has 2 aliphatic rings. The number of thioether (sulfide) groups is 2. The topological polar surface area (TPSA) is 165 Å². The number of aliphatic carboxylic acids is 1. The van der Waals surface area contributed by atoms with Crippen LogP contribution in [-0.2, 0) is 14.4 Å². The van der Waals surface area contributed by atoms with Gasteiger partial charge in [0, 0.05) is 30.9 Å². The summed E-state index contributed by atoms with van der Waals surface area (Å²) >= 11 is 2.34. The van der Waals surface area contributed by atoms with Crippen molar-refractivity contribution < 1.29 is 19.5 Å². The van der Waals surface area contributed by atoms with Crippen LogP contribution in [0.5, 0.6) is 0 Å². The van der Waals surface area contributed by atoms with E-state index < -0.39 is 22.7 Å². The quantitative estimate of drug-likeness (QED) is 0.403. The third-order valence-electron chi connectivity index (χ3n) is 4.36. The zero-order valence-electron chi connectivity index (χ0n) is 13.6. The largest absolute Gasteiger partial charge is 0.481 e. The van der Waals surface area contributed by atoms with Crippen LogP contribution in [0.15, 0.2) is 5.16 Å². The molecule has 3 unspecified atom stereocenters. The smallest absolute Gasteiger partial charge is 0.313 e. The van der Waals surface area contributed by atoms with Crippen LogP contribution in [0.2, 0.25) is 0 Å². The SMILES string of the molecule is CC(=O)NC1C(=O)N2CC(C(=O)O)(C(CC#N)Sc3nn[nH]n3)CS[C@H]12. The molecule has 2 amide bonds. The number of tetrazole rings is 1. The fourth-order valence-corrected chi connectivity index (χ4v) is 5.84. The van der Waals surface area contributed by atoms with Gasteiger partial charge in [-0.1, -0.05) is 11.8 Å². The Morgan fingerprint density at radius 2 is 2.42 bits per heavy atom. The molecule has 0 saturated carbocycles. The molecule has 0 spiro atoms. The number of H-pyrrole nitrogens is 1. The van der Waals surface area contributed by atoms with Crippen molar-refractivity contribution in [1.82, 2.24) is 30.8 Å². The van der Waals surface area contributed by atoms with Crippen molar-refractivity contribution in [3.8, 4) is 6.07 Å². The molecule has 0 aliphatic carbocycles. The van der Waals surface area contributed by atoms with Gasteiger partial charge in [-0.3, -0.25) is 14.4 Å². The highest BCUT2D eigenvalue weighted by molar-refractivity contribution is 8.01. The maximum absolute atomic E-state index is 12.3. The molecule has 26 heavy (non-hydrogen) atoms. The first-order valence-electron chi connectivity index (χ1n) is 7.58. The van der Waals surface area contributed by atoms with E-state index in [0.29, 0.717) is 0 Å². The Balaban J connectivity index is 1.83. The van der Waals surface area contributed by atoms with Gasteiger partial charge in [0.25, 0.3) is 0 Å². The molecular formula is C13H15N7O4S2. The van der Waals surface area contributed by atoms with Gasteiger partial charge in [-0.05, 0) is 5.21 Å². The Morgan fingerprint density at radius 1 is 1.65 bits per heavy atom. The summed E-state index contributed by atoms with van der Waals surface area (Å²) in [6.45, 7) is 1.29. The van der Waals surface area contributed by atoms with E-state index in [2.05, 4.69) is 25.9 Å². The predicted octanol–water partition coefficient (Wildman–Crippen LogP) is -0.935. The number of carboxylic acids is 1. The van der Waals surface area contributed by atoms with Crippen LogP contribution in [0.3, 0.4) is 0 Å². The number of carboxylic acid groups (broad SMARTS) is 1. The van der Waals surface area contributed by atoms with Gasteiger partial charge in [-0.15, -0.1) is 22.0 Å². The monoisotopic (exact) mass is 397 g/mol. The zero-order valence-corrected chi connectivity index (χ0v) is 15.2. The number of β-lactam (4-membered cyclic amide) rings is 1. The van der Waals surface area contributed by atoms with Crippen LogP contribution < -0.4 is 5.32 Å². The third kappa shape index (κ3) is 3.10. The maximum atomic E-state index is 12.3. The minimum Gasteiger partial charge on any atom is -0.481 e. The van der Waals surface area contributed by atoms with Crippen molar-refractivity contribution >= 4 is 41.3 Å². The summed E-state index contributed by atoms with van der Waals surface area (Å²) in [6.07, 6.45) is -0.0477. The number of amides is 2. The number of carbonyl (C=O) groups excluding carboxylic acids is 2. The lowest BCUT2D eigenvalue weighted by Crippen LogP contribution is -2.74. The summed E-state index contributed by atoms with van der Waals surface area (Å²) in [5, 5.41) is 34.3. The van der Waals surface area contributed by atoms with E-state index in [0.717, 1.165) is 11.8 Å². The van der Waals surface area contributed by atoms with E-state index in [4.69, 9.17) is 5.26 Å². The molecule has 3 N–H and O–H groups in total. The summed E-state index contributed by atoms with van der Waals surface area (Å²) in [5.74, 6) is -1.52. The predicted molar refractivity (Wildman–Crippen MR) is 89.7 cm³/mol. The van der Waals surface area contributed by atoms with Gasteiger partial charge in [-0.25, -0.2) is 0 Å². The normalized spacial score (nSPS) is 28.5. The molecule has 3 heterocycles. The van der Waals surface area contributed by atoms with E-state index in [1.807, 2.05) is 6.07 Å². The van der Waals surface area contributed by atoms with Crippen molar-refractivity contribution in [2.75, 3.05) is 12.3 Å². The van der Waals surface area contributed by atoms with E-state index in [-0.39, 0.29) is 41.1 Å². The molecule has 0 aromatic carbocycles. The lowest BCUT2D eigenvalue weighted by Gasteiger charge is -2.55. The number of aromatic amines is 1.